The third kappa shape index (κ3) is 3.44. The maximum Gasteiger partial charge on any atom is 0.309 e. The second-order valence-corrected chi connectivity index (χ2v) is 16.6. The van der Waals surface area contributed by atoms with Crippen molar-refractivity contribution in [2.45, 2.75) is 133 Å². The van der Waals surface area contributed by atoms with Crippen LogP contribution in [0.5, 0.6) is 0 Å². The summed E-state index contributed by atoms with van der Waals surface area (Å²) in [5, 5.41) is 39.3. The van der Waals surface area contributed by atoms with Gasteiger partial charge in [0.25, 0.3) is 5.97 Å². The van der Waals surface area contributed by atoms with Gasteiger partial charge in [-0.1, -0.05) is 34.6 Å². The third-order valence-corrected chi connectivity index (χ3v) is 14.6. The molecule has 3 saturated heterocycles. The molecule has 4 bridgehead atoms. The van der Waals surface area contributed by atoms with Crippen LogP contribution >= 0.6 is 0 Å². The van der Waals surface area contributed by atoms with Gasteiger partial charge < -0.3 is 52.9 Å². The van der Waals surface area contributed by atoms with Crippen molar-refractivity contribution >= 4 is 23.9 Å². The van der Waals surface area contributed by atoms with Gasteiger partial charge in [0, 0.05) is 48.0 Å². The first kappa shape index (κ1) is 35.0. The Balaban J connectivity index is 1.48. The average molecular weight is 719 g/mol. The summed E-state index contributed by atoms with van der Waals surface area (Å²) in [5.74, 6) is -7.65. The molecule has 7 aliphatic rings. The van der Waals surface area contributed by atoms with Gasteiger partial charge in [0.15, 0.2) is 17.3 Å². The quantitative estimate of drug-likeness (QED) is 0.272. The number of carbonyl (C=O) groups is 4. The zero-order valence-corrected chi connectivity index (χ0v) is 29.9. The summed E-state index contributed by atoms with van der Waals surface area (Å²) in [6.07, 6.45) is -5.74. The van der Waals surface area contributed by atoms with Gasteiger partial charge in [-0.15, -0.1) is 0 Å². The summed E-state index contributed by atoms with van der Waals surface area (Å²) in [4.78, 5) is 54.3. The average Bonchev–Trinajstić information content (AvgIpc) is 3.77. The lowest BCUT2D eigenvalue weighted by Gasteiger charge is -2.78. The van der Waals surface area contributed by atoms with Gasteiger partial charge in [0.1, 0.15) is 29.5 Å². The fourth-order valence-corrected chi connectivity index (χ4v) is 12.7. The molecule has 4 heterocycles. The number of hydrogen-bond donors (Lipinski definition) is 3. The number of aliphatic hydroxyl groups is 3. The predicted molar refractivity (Wildman–Crippen MR) is 166 cm³/mol. The first-order valence-electron chi connectivity index (χ1n) is 17.6. The molecule has 3 aliphatic heterocycles. The Hall–Kier alpha value is -3.08. The Morgan fingerprint density at radius 1 is 1.04 bits per heavy atom. The minimum Gasteiger partial charge on any atom is -0.472 e. The Labute approximate surface area is 294 Å². The molecule has 1 aromatic heterocycles. The summed E-state index contributed by atoms with van der Waals surface area (Å²) < 4.78 is 49.7. The van der Waals surface area contributed by atoms with Gasteiger partial charge in [-0.3, -0.25) is 19.2 Å². The minimum absolute atomic E-state index is 0.0601. The Morgan fingerprint density at radius 2 is 1.75 bits per heavy atom. The summed E-state index contributed by atoms with van der Waals surface area (Å²) in [6, 6.07) is 1.57. The Bertz CT molecular complexity index is 1710. The van der Waals surface area contributed by atoms with Crippen molar-refractivity contribution in [3.63, 3.8) is 0 Å². The molecule has 0 aromatic carbocycles. The molecule has 4 saturated carbocycles. The summed E-state index contributed by atoms with van der Waals surface area (Å²) in [6.45, 7) is 11.2. The Kier molecular flexibility index (Phi) is 6.93. The van der Waals surface area contributed by atoms with E-state index in [9.17, 15) is 34.5 Å². The van der Waals surface area contributed by atoms with E-state index in [1.165, 1.54) is 26.6 Å². The maximum absolute atomic E-state index is 13.8. The summed E-state index contributed by atoms with van der Waals surface area (Å²) in [7, 11) is 1.23. The van der Waals surface area contributed by atoms with Crippen LogP contribution in [0, 0.1) is 34.0 Å². The SMILES string of the molecule is CCC(C)C(=O)O[C@H]1[C@]2(C)CC34OC5(C)O[C@]6([C@@H]7CC(=O)O[C@@H](c8ccoc8)[C@]7(C)[C@@H](O)[C@@H](O)[C@]6(O5)[C@]3(C)[C@H]2CC(=O)OC)[C@H](OC(C)=O)[C@@]14O. The first-order valence-corrected chi connectivity index (χ1v) is 17.6. The van der Waals surface area contributed by atoms with Gasteiger partial charge in [-0.25, -0.2) is 0 Å². The highest BCUT2D eigenvalue weighted by atomic mass is 16.9. The van der Waals surface area contributed by atoms with Crippen LogP contribution in [-0.4, -0.2) is 99.1 Å². The number of hydrogen-bond acceptors (Lipinski definition) is 15. The monoisotopic (exact) mass is 718 g/mol. The van der Waals surface area contributed by atoms with E-state index in [0.717, 1.165) is 6.92 Å². The van der Waals surface area contributed by atoms with E-state index < -0.39 is 123 Å². The molecule has 3 unspecified atom stereocenters. The van der Waals surface area contributed by atoms with Gasteiger partial charge in [0.05, 0.1) is 38.1 Å². The number of ether oxygens (including phenoxy) is 7. The van der Waals surface area contributed by atoms with Crippen molar-refractivity contribution in [2.75, 3.05) is 7.11 Å². The van der Waals surface area contributed by atoms with Crippen molar-refractivity contribution in [3.05, 3.63) is 24.2 Å². The molecule has 0 amide bonds. The van der Waals surface area contributed by atoms with Crippen LogP contribution in [0.2, 0.25) is 0 Å². The van der Waals surface area contributed by atoms with Crippen LogP contribution in [-0.2, 0) is 52.3 Å². The van der Waals surface area contributed by atoms with Crippen LogP contribution in [0.15, 0.2) is 23.0 Å². The van der Waals surface area contributed by atoms with Gasteiger partial charge in [-0.2, -0.15) is 0 Å². The molecule has 2 spiro atoms. The highest BCUT2D eigenvalue weighted by Crippen LogP contribution is 2.89. The highest BCUT2D eigenvalue weighted by molar-refractivity contribution is 5.75. The van der Waals surface area contributed by atoms with E-state index in [4.69, 9.17) is 37.6 Å². The molecular formula is C36H46O15. The van der Waals surface area contributed by atoms with Crippen LogP contribution in [0.1, 0.15) is 85.8 Å². The lowest BCUT2D eigenvalue weighted by molar-refractivity contribution is -0.492. The number of esters is 4. The van der Waals surface area contributed by atoms with Gasteiger partial charge in [0.2, 0.25) is 0 Å². The van der Waals surface area contributed by atoms with Crippen molar-refractivity contribution in [1.29, 1.82) is 0 Å². The standard InChI is InChI=1S/C36H46O15/c1-9-16(2)26(42)48-27-29(4)15-33-31(6,19(29)12-21(38)44-8)36-24(41)23(40)30(5)20(13-22(39)47-25(30)18-10-11-45-14-18)35(36,50-32(7,49-33)51-36)28(34(27,33)43)46-17(3)37/h10-11,14,16,19-20,23-25,27-28,40-41,43H,9,12-13,15H2,1-8H3/t16?,19-,20+,23-,24+,25-,27-,28+,29+,30-,31+,32?,33?,34-,35+,36-/m0/s1. The summed E-state index contributed by atoms with van der Waals surface area (Å²) >= 11 is 0. The second kappa shape index (κ2) is 10.1. The van der Waals surface area contributed by atoms with Gasteiger partial charge >= 0.3 is 23.9 Å². The van der Waals surface area contributed by atoms with E-state index in [2.05, 4.69) is 0 Å². The molecule has 8 rings (SSSR count). The molecule has 15 nitrogen and oxygen atoms in total. The van der Waals surface area contributed by atoms with Crippen molar-refractivity contribution < 1.29 is 72.1 Å². The highest BCUT2D eigenvalue weighted by Gasteiger charge is 3.05. The smallest absolute Gasteiger partial charge is 0.309 e. The number of furan rings is 1. The van der Waals surface area contributed by atoms with Gasteiger partial charge in [-0.05, 0) is 24.8 Å². The fraction of sp³-hybridized carbons (Fsp3) is 0.778. The molecule has 4 aliphatic carbocycles. The van der Waals surface area contributed by atoms with E-state index in [0.29, 0.717) is 12.0 Å². The fourth-order valence-electron chi connectivity index (χ4n) is 12.7. The lowest BCUT2D eigenvalue weighted by Crippen LogP contribution is -2.97. The first-order chi connectivity index (χ1) is 23.8. The number of aliphatic hydroxyl groups excluding tert-OH is 2. The predicted octanol–water partition coefficient (Wildman–Crippen LogP) is 1.84. The molecule has 15 heteroatoms. The van der Waals surface area contributed by atoms with Crippen LogP contribution < -0.4 is 0 Å². The van der Waals surface area contributed by atoms with Crippen molar-refractivity contribution in [3.8, 4) is 0 Å². The molecule has 51 heavy (non-hydrogen) atoms. The van der Waals surface area contributed by atoms with E-state index in [-0.39, 0.29) is 12.8 Å². The minimum atomic E-state index is -2.42. The zero-order chi connectivity index (χ0) is 37.1. The third-order valence-electron chi connectivity index (χ3n) is 14.6. The van der Waals surface area contributed by atoms with Crippen molar-refractivity contribution in [2.24, 2.45) is 34.0 Å². The van der Waals surface area contributed by atoms with Crippen LogP contribution in [0.4, 0.5) is 0 Å². The second-order valence-electron chi connectivity index (χ2n) is 16.6. The molecule has 16 atom stereocenters. The zero-order valence-electron chi connectivity index (χ0n) is 29.9. The molecule has 0 radical (unpaired) electrons. The largest absolute Gasteiger partial charge is 0.472 e. The molecule has 3 N–H and O–H groups in total. The number of fused-ring (bicyclic) bond motifs is 3. The van der Waals surface area contributed by atoms with E-state index in [1.54, 1.807) is 33.8 Å². The molecule has 1 aromatic rings. The lowest BCUT2D eigenvalue weighted by atomic mass is 9.32. The van der Waals surface area contributed by atoms with E-state index >= 15 is 0 Å². The molecule has 7 fully saturated rings. The topological polar surface area (TPSA) is 207 Å². The van der Waals surface area contributed by atoms with Crippen LogP contribution in [0.3, 0.4) is 0 Å². The Morgan fingerprint density at radius 3 is 2.35 bits per heavy atom. The molecular weight excluding hydrogens is 672 g/mol. The summed E-state index contributed by atoms with van der Waals surface area (Å²) in [5.41, 5.74) is -12.8. The van der Waals surface area contributed by atoms with Crippen molar-refractivity contribution in [1.82, 2.24) is 0 Å². The number of methoxy groups -OCH3 is 1. The van der Waals surface area contributed by atoms with E-state index in [1.807, 2.05) is 6.92 Å². The molecule has 280 valence electrons. The normalized spacial score (nSPS) is 53.2. The maximum atomic E-state index is 13.8. The number of rotatable bonds is 7. The van der Waals surface area contributed by atoms with Crippen LogP contribution in [0.25, 0.3) is 0 Å². The number of cyclic esters (lactones) is 1. The number of carbonyl (C=O) groups excluding carboxylic acids is 4.